The highest BCUT2D eigenvalue weighted by Gasteiger charge is 2.17. The van der Waals surface area contributed by atoms with E-state index in [0.717, 1.165) is 22.7 Å². The summed E-state index contributed by atoms with van der Waals surface area (Å²) >= 11 is 0. The molecule has 0 spiro atoms. The van der Waals surface area contributed by atoms with Crippen LogP contribution in [-0.4, -0.2) is 34.4 Å². The predicted molar refractivity (Wildman–Crippen MR) is 91.9 cm³/mol. The van der Waals surface area contributed by atoms with Gasteiger partial charge in [-0.1, -0.05) is 24.3 Å². The monoisotopic (exact) mass is 335 g/mol. The first-order valence-electron chi connectivity index (χ1n) is 7.95. The summed E-state index contributed by atoms with van der Waals surface area (Å²) in [7, 11) is 1.77. The van der Waals surface area contributed by atoms with Gasteiger partial charge in [0, 0.05) is 19.8 Å². The molecule has 1 aliphatic heterocycles. The summed E-state index contributed by atoms with van der Waals surface area (Å²) in [5, 5.41) is 4.28. The fraction of sp³-hybridized carbons (Fsp3) is 0.158. The number of fused-ring (bicyclic) bond motifs is 1. The summed E-state index contributed by atoms with van der Waals surface area (Å²) in [6, 6.07) is 15.4. The van der Waals surface area contributed by atoms with Crippen LogP contribution in [0.1, 0.15) is 15.9 Å². The molecule has 126 valence electrons. The summed E-state index contributed by atoms with van der Waals surface area (Å²) in [4.78, 5) is 14.3. The van der Waals surface area contributed by atoms with E-state index in [1.165, 1.54) is 0 Å². The predicted octanol–water partition coefficient (Wildman–Crippen LogP) is 2.87. The van der Waals surface area contributed by atoms with Crippen molar-refractivity contribution in [2.75, 3.05) is 13.8 Å². The zero-order valence-electron chi connectivity index (χ0n) is 13.8. The van der Waals surface area contributed by atoms with Gasteiger partial charge in [0.05, 0.1) is 17.4 Å². The number of nitrogens with zero attached hydrogens (tertiary/aromatic N) is 3. The fourth-order valence-corrected chi connectivity index (χ4v) is 2.76. The summed E-state index contributed by atoms with van der Waals surface area (Å²) in [6.45, 7) is 0.720. The molecular formula is C19H17N3O3. The molecule has 0 atom stereocenters. The minimum Gasteiger partial charge on any atom is -0.454 e. The number of aromatic nitrogens is 2. The van der Waals surface area contributed by atoms with Gasteiger partial charge in [-0.2, -0.15) is 5.10 Å². The van der Waals surface area contributed by atoms with Gasteiger partial charge in [-0.05, 0) is 29.8 Å². The van der Waals surface area contributed by atoms with Crippen LogP contribution >= 0.6 is 0 Å². The third-order valence-electron chi connectivity index (χ3n) is 4.05. The van der Waals surface area contributed by atoms with Crippen LogP contribution in [-0.2, 0) is 6.54 Å². The molecule has 1 aliphatic rings. The minimum absolute atomic E-state index is 0.0835. The van der Waals surface area contributed by atoms with Crippen LogP contribution in [0.15, 0.2) is 60.9 Å². The average Bonchev–Trinajstić information content (AvgIpc) is 3.31. The van der Waals surface area contributed by atoms with E-state index in [2.05, 4.69) is 5.10 Å². The van der Waals surface area contributed by atoms with E-state index in [9.17, 15) is 4.79 Å². The van der Waals surface area contributed by atoms with Crippen molar-refractivity contribution in [3.63, 3.8) is 0 Å². The minimum atomic E-state index is -0.0835. The van der Waals surface area contributed by atoms with Gasteiger partial charge in [-0.15, -0.1) is 0 Å². The van der Waals surface area contributed by atoms with Crippen LogP contribution in [0.25, 0.3) is 5.69 Å². The lowest BCUT2D eigenvalue weighted by molar-refractivity contribution is 0.0785. The van der Waals surface area contributed by atoms with Gasteiger partial charge in [0.2, 0.25) is 6.79 Å². The first-order valence-corrected chi connectivity index (χ1v) is 7.95. The molecule has 0 N–H and O–H groups in total. The second-order valence-corrected chi connectivity index (χ2v) is 5.86. The van der Waals surface area contributed by atoms with Crippen molar-refractivity contribution in [3.8, 4) is 17.2 Å². The molecular weight excluding hydrogens is 318 g/mol. The average molecular weight is 335 g/mol. The molecule has 6 heteroatoms. The van der Waals surface area contributed by atoms with E-state index >= 15 is 0 Å². The Hall–Kier alpha value is -3.28. The van der Waals surface area contributed by atoms with Gasteiger partial charge in [0.1, 0.15) is 0 Å². The topological polar surface area (TPSA) is 56.6 Å². The number of hydrogen-bond acceptors (Lipinski definition) is 4. The van der Waals surface area contributed by atoms with Gasteiger partial charge in [-0.25, -0.2) is 4.68 Å². The van der Waals surface area contributed by atoms with E-state index in [1.807, 2.05) is 48.5 Å². The van der Waals surface area contributed by atoms with Crippen molar-refractivity contribution in [3.05, 3.63) is 72.1 Å². The smallest absolute Gasteiger partial charge is 0.257 e. The maximum Gasteiger partial charge on any atom is 0.257 e. The molecule has 0 aliphatic carbocycles. The molecule has 0 saturated carbocycles. The number of carbonyl (C=O) groups excluding carboxylic acids is 1. The number of ether oxygens (including phenoxy) is 2. The zero-order valence-corrected chi connectivity index (χ0v) is 13.8. The lowest BCUT2D eigenvalue weighted by Crippen LogP contribution is -2.25. The molecule has 1 amide bonds. The summed E-state index contributed by atoms with van der Waals surface area (Å²) in [5.41, 5.74) is 2.45. The van der Waals surface area contributed by atoms with Crippen LogP contribution in [0.4, 0.5) is 0 Å². The number of hydrogen-bond donors (Lipinski definition) is 0. The van der Waals surface area contributed by atoms with Crippen molar-refractivity contribution in [1.82, 2.24) is 14.7 Å². The Morgan fingerprint density at radius 2 is 1.96 bits per heavy atom. The quantitative estimate of drug-likeness (QED) is 0.736. The largest absolute Gasteiger partial charge is 0.454 e. The SMILES string of the molecule is CN(Cc1ccc2c(c1)OCO2)C(=O)c1cnn(-c2ccccc2)c1. The van der Waals surface area contributed by atoms with E-state index in [0.29, 0.717) is 12.1 Å². The van der Waals surface area contributed by atoms with Crippen LogP contribution in [0, 0.1) is 0 Å². The first kappa shape index (κ1) is 15.3. The maximum atomic E-state index is 12.6. The summed E-state index contributed by atoms with van der Waals surface area (Å²) in [5.74, 6) is 1.37. The van der Waals surface area contributed by atoms with Crippen molar-refractivity contribution in [1.29, 1.82) is 0 Å². The van der Waals surface area contributed by atoms with E-state index in [4.69, 9.17) is 9.47 Å². The molecule has 2 aromatic carbocycles. The molecule has 0 unspecified atom stereocenters. The number of rotatable bonds is 4. The highest BCUT2D eigenvalue weighted by Crippen LogP contribution is 2.32. The molecule has 2 heterocycles. The van der Waals surface area contributed by atoms with Gasteiger partial charge in [0.25, 0.3) is 5.91 Å². The van der Waals surface area contributed by atoms with Crippen molar-refractivity contribution in [2.45, 2.75) is 6.54 Å². The van der Waals surface area contributed by atoms with Gasteiger partial charge in [-0.3, -0.25) is 4.79 Å². The Labute approximate surface area is 145 Å². The van der Waals surface area contributed by atoms with Gasteiger partial charge < -0.3 is 14.4 Å². The van der Waals surface area contributed by atoms with Crippen LogP contribution < -0.4 is 9.47 Å². The molecule has 0 radical (unpaired) electrons. The third kappa shape index (κ3) is 3.06. The molecule has 3 aromatic rings. The normalized spacial score (nSPS) is 12.2. The number of benzene rings is 2. The second-order valence-electron chi connectivity index (χ2n) is 5.86. The van der Waals surface area contributed by atoms with E-state index in [1.54, 1.807) is 29.0 Å². The molecule has 4 rings (SSSR count). The number of carbonyl (C=O) groups is 1. The zero-order chi connectivity index (χ0) is 17.2. The number of amides is 1. The molecule has 0 saturated heterocycles. The Kier molecular flexibility index (Phi) is 3.85. The fourth-order valence-electron chi connectivity index (χ4n) is 2.76. The standard InChI is InChI=1S/C19H17N3O3/c1-21(11-14-7-8-17-18(9-14)25-13-24-17)19(23)15-10-20-22(12-15)16-5-3-2-4-6-16/h2-10,12H,11,13H2,1H3. The highest BCUT2D eigenvalue weighted by atomic mass is 16.7. The van der Waals surface area contributed by atoms with Crippen molar-refractivity contribution >= 4 is 5.91 Å². The van der Waals surface area contributed by atoms with Crippen molar-refractivity contribution in [2.24, 2.45) is 0 Å². The van der Waals surface area contributed by atoms with Crippen LogP contribution in [0.2, 0.25) is 0 Å². The number of para-hydroxylation sites is 1. The Bertz CT molecular complexity index is 905. The first-order chi connectivity index (χ1) is 12.2. The summed E-state index contributed by atoms with van der Waals surface area (Å²) in [6.07, 6.45) is 3.33. The van der Waals surface area contributed by atoms with Crippen LogP contribution in [0.5, 0.6) is 11.5 Å². The summed E-state index contributed by atoms with van der Waals surface area (Å²) < 4.78 is 12.4. The lowest BCUT2D eigenvalue weighted by atomic mass is 10.2. The highest BCUT2D eigenvalue weighted by molar-refractivity contribution is 5.93. The van der Waals surface area contributed by atoms with E-state index in [-0.39, 0.29) is 12.7 Å². The lowest BCUT2D eigenvalue weighted by Gasteiger charge is -2.16. The van der Waals surface area contributed by atoms with Gasteiger partial charge in [0.15, 0.2) is 11.5 Å². The Balaban J connectivity index is 1.48. The van der Waals surface area contributed by atoms with E-state index < -0.39 is 0 Å². The van der Waals surface area contributed by atoms with Crippen LogP contribution in [0.3, 0.4) is 0 Å². The molecule has 6 nitrogen and oxygen atoms in total. The maximum absolute atomic E-state index is 12.6. The molecule has 25 heavy (non-hydrogen) atoms. The second kappa shape index (κ2) is 6.32. The Morgan fingerprint density at radius 1 is 1.16 bits per heavy atom. The molecule has 1 aromatic heterocycles. The van der Waals surface area contributed by atoms with Gasteiger partial charge >= 0.3 is 0 Å². The molecule has 0 fully saturated rings. The third-order valence-corrected chi connectivity index (χ3v) is 4.05. The Morgan fingerprint density at radius 3 is 2.80 bits per heavy atom. The molecule has 0 bridgehead atoms. The van der Waals surface area contributed by atoms with Crippen molar-refractivity contribution < 1.29 is 14.3 Å².